The van der Waals surface area contributed by atoms with Crippen LogP contribution in [0.15, 0.2) is 10.9 Å². The molecule has 0 radical (unpaired) electrons. The predicted molar refractivity (Wildman–Crippen MR) is 82.3 cm³/mol. The number of H-pyrrole nitrogens is 1. The van der Waals surface area contributed by atoms with Crippen molar-refractivity contribution in [3.8, 4) is 0 Å². The van der Waals surface area contributed by atoms with Crippen LogP contribution in [0.1, 0.15) is 53.7 Å². The summed E-state index contributed by atoms with van der Waals surface area (Å²) < 4.78 is 25.8. The molecule has 7 heteroatoms. The summed E-state index contributed by atoms with van der Waals surface area (Å²) in [4.78, 5) is 26.9. The van der Waals surface area contributed by atoms with Gasteiger partial charge in [-0.1, -0.05) is 6.42 Å². The number of amides is 1. The van der Waals surface area contributed by atoms with E-state index in [0.717, 1.165) is 56.2 Å². The Morgan fingerprint density at radius 2 is 1.95 bits per heavy atom. The molecule has 3 rings (SSSR count). The van der Waals surface area contributed by atoms with Gasteiger partial charge in [0.1, 0.15) is 5.56 Å². The molecule has 22 heavy (non-hydrogen) atoms. The van der Waals surface area contributed by atoms with E-state index in [0.29, 0.717) is 0 Å². The summed E-state index contributed by atoms with van der Waals surface area (Å²) in [7, 11) is -3.66. The molecule has 120 valence electrons. The van der Waals surface area contributed by atoms with Crippen LogP contribution in [0.2, 0.25) is 0 Å². The average Bonchev–Trinajstić information content (AvgIpc) is 3.23. The summed E-state index contributed by atoms with van der Waals surface area (Å²) in [6, 6.07) is 1.56. The number of carbonyl (C=O) groups excluding carboxylic acids is 1. The summed E-state index contributed by atoms with van der Waals surface area (Å²) >= 11 is 0. The van der Waals surface area contributed by atoms with Gasteiger partial charge in [0.2, 0.25) is 10.0 Å². The van der Waals surface area contributed by atoms with E-state index in [1.807, 2.05) is 4.72 Å². The number of nitrogens with one attached hydrogen (secondary N) is 2. The summed E-state index contributed by atoms with van der Waals surface area (Å²) in [5.74, 6) is -0.716. The SMILES string of the molecule is O=C(NS(=O)(=O)CC1CC1)c1cc2c([nH]c1=O)CCCCC2. The first-order chi connectivity index (χ1) is 10.4. The Bertz CT molecular complexity index is 747. The molecule has 1 amide bonds. The predicted octanol–water partition coefficient (Wildman–Crippen LogP) is 1.11. The van der Waals surface area contributed by atoms with Crippen molar-refractivity contribution in [3.63, 3.8) is 0 Å². The number of hydrogen-bond donors (Lipinski definition) is 2. The van der Waals surface area contributed by atoms with Crippen LogP contribution >= 0.6 is 0 Å². The molecule has 0 bridgehead atoms. The first kappa shape index (κ1) is 15.3. The Kier molecular flexibility index (Phi) is 4.08. The lowest BCUT2D eigenvalue weighted by Crippen LogP contribution is -2.36. The normalized spacial score (nSPS) is 18.4. The lowest BCUT2D eigenvalue weighted by molar-refractivity contribution is 0.0980. The number of sulfonamides is 1. The number of aromatic amines is 1. The molecular formula is C15H20N2O4S. The Labute approximate surface area is 129 Å². The van der Waals surface area contributed by atoms with E-state index >= 15 is 0 Å². The zero-order valence-corrected chi connectivity index (χ0v) is 13.2. The molecule has 1 aromatic heterocycles. The van der Waals surface area contributed by atoms with Gasteiger partial charge in [0.15, 0.2) is 0 Å². The van der Waals surface area contributed by atoms with Crippen molar-refractivity contribution < 1.29 is 13.2 Å². The van der Waals surface area contributed by atoms with Gasteiger partial charge in [-0.2, -0.15) is 0 Å². The molecule has 0 unspecified atom stereocenters. The highest BCUT2D eigenvalue weighted by Crippen LogP contribution is 2.30. The van der Waals surface area contributed by atoms with E-state index in [1.54, 1.807) is 6.07 Å². The van der Waals surface area contributed by atoms with Crippen LogP contribution in [0, 0.1) is 5.92 Å². The first-order valence-corrected chi connectivity index (χ1v) is 9.40. The second-order valence-electron chi connectivity index (χ2n) is 6.23. The molecule has 2 aliphatic carbocycles. The molecule has 0 aromatic carbocycles. The maximum absolute atomic E-state index is 12.1. The molecule has 0 saturated heterocycles. The number of rotatable bonds is 4. The largest absolute Gasteiger partial charge is 0.325 e. The Hall–Kier alpha value is -1.63. The first-order valence-electron chi connectivity index (χ1n) is 7.74. The monoisotopic (exact) mass is 324 g/mol. The number of hydrogen-bond acceptors (Lipinski definition) is 4. The molecule has 0 aliphatic heterocycles. The van der Waals surface area contributed by atoms with E-state index in [2.05, 4.69) is 4.98 Å². The van der Waals surface area contributed by atoms with Crippen molar-refractivity contribution in [3.05, 3.63) is 33.2 Å². The minimum Gasteiger partial charge on any atom is -0.325 e. The third kappa shape index (κ3) is 3.58. The molecule has 1 aromatic rings. The maximum Gasteiger partial charge on any atom is 0.270 e. The van der Waals surface area contributed by atoms with E-state index in [1.165, 1.54) is 0 Å². The smallest absolute Gasteiger partial charge is 0.270 e. The van der Waals surface area contributed by atoms with Crippen LogP contribution in [-0.2, 0) is 22.9 Å². The highest BCUT2D eigenvalue weighted by Gasteiger charge is 2.29. The Morgan fingerprint density at radius 1 is 1.23 bits per heavy atom. The summed E-state index contributed by atoms with van der Waals surface area (Å²) in [5.41, 5.74) is 1.20. The van der Waals surface area contributed by atoms with Crippen LogP contribution < -0.4 is 10.3 Å². The van der Waals surface area contributed by atoms with Crippen LogP contribution in [0.25, 0.3) is 0 Å². The summed E-state index contributed by atoms with van der Waals surface area (Å²) in [6.07, 6.45) is 6.50. The van der Waals surface area contributed by atoms with Gasteiger partial charge in [-0.3, -0.25) is 9.59 Å². The van der Waals surface area contributed by atoms with Crippen molar-refractivity contribution in [1.29, 1.82) is 0 Å². The van der Waals surface area contributed by atoms with Crippen molar-refractivity contribution >= 4 is 15.9 Å². The molecule has 1 saturated carbocycles. The zero-order valence-electron chi connectivity index (χ0n) is 12.4. The third-order valence-electron chi connectivity index (χ3n) is 4.23. The van der Waals surface area contributed by atoms with E-state index in [9.17, 15) is 18.0 Å². The highest BCUT2D eigenvalue weighted by atomic mass is 32.2. The Balaban J connectivity index is 1.82. The minimum atomic E-state index is -3.66. The van der Waals surface area contributed by atoms with Crippen molar-refractivity contribution in [2.24, 2.45) is 5.92 Å². The summed E-state index contributed by atoms with van der Waals surface area (Å²) in [6.45, 7) is 0. The molecule has 0 atom stereocenters. The molecule has 0 spiro atoms. The van der Waals surface area contributed by atoms with Crippen LogP contribution in [0.4, 0.5) is 0 Å². The average molecular weight is 324 g/mol. The molecular weight excluding hydrogens is 304 g/mol. The molecule has 1 fully saturated rings. The van der Waals surface area contributed by atoms with Crippen LogP contribution in [-0.4, -0.2) is 25.1 Å². The van der Waals surface area contributed by atoms with Crippen molar-refractivity contribution in [2.45, 2.75) is 44.9 Å². The van der Waals surface area contributed by atoms with Crippen molar-refractivity contribution in [2.75, 3.05) is 5.75 Å². The van der Waals surface area contributed by atoms with E-state index in [4.69, 9.17) is 0 Å². The third-order valence-corrected chi connectivity index (χ3v) is 5.64. The van der Waals surface area contributed by atoms with Crippen molar-refractivity contribution in [1.82, 2.24) is 9.71 Å². The lowest BCUT2D eigenvalue weighted by Gasteiger charge is -2.09. The van der Waals surface area contributed by atoms with Gasteiger partial charge in [-0.05, 0) is 56.1 Å². The standard InChI is InChI=1S/C15H20N2O4S/c18-14-12(8-11-4-2-1-3-5-13(11)16-14)15(19)17-22(20,21)9-10-6-7-10/h8,10H,1-7,9H2,(H,16,18)(H,17,19). The van der Waals surface area contributed by atoms with E-state index in [-0.39, 0.29) is 17.2 Å². The van der Waals surface area contributed by atoms with Gasteiger partial charge < -0.3 is 4.98 Å². The second kappa shape index (κ2) is 5.87. The van der Waals surface area contributed by atoms with Gasteiger partial charge in [0.05, 0.1) is 5.75 Å². The summed E-state index contributed by atoms with van der Waals surface area (Å²) in [5, 5.41) is 0. The zero-order chi connectivity index (χ0) is 15.7. The topological polar surface area (TPSA) is 96.1 Å². The Morgan fingerprint density at radius 3 is 2.68 bits per heavy atom. The number of aryl methyl sites for hydroxylation is 2. The van der Waals surface area contributed by atoms with Gasteiger partial charge in [-0.15, -0.1) is 0 Å². The number of carbonyl (C=O) groups is 1. The van der Waals surface area contributed by atoms with Gasteiger partial charge in [0.25, 0.3) is 11.5 Å². The van der Waals surface area contributed by atoms with Gasteiger partial charge in [-0.25, -0.2) is 13.1 Å². The van der Waals surface area contributed by atoms with Gasteiger partial charge >= 0.3 is 0 Å². The molecule has 1 heterocycles. The fourth-order valence-electron chi connectivity index (χ4n) is 2.85. The number of fused-ring (bicyclic) bond motifs is 1. The second-order valence-corrected chi connectivity index (χ2v) is 8.00. The number of pyridine rings is 1. The quantitative estimate of drug-likeness (QED) is 0.811. The molecule has 2 N–H and O–H groups in total. The maximum atomic E-state index is 12.1. The highest BCUT2D eigenvalue weighted by molar-refractivity contribution is 7.90. The van der Waals surface area contributed by atoms with Crippen LogP contribution in [0.3, 0.4) is 0 Å². The number of aromatic nitrogens is 1. The molecule has 2 aliphatic rings. The fourth-order valence-corrected chi connectivity index (χ4v) is 4.28. The minimum absolute atomic E-state index is 0.0401. The van der Waals surface area contributed by atoms with Crippen LogP contribution in [0.5, 0.6) is 0 Å². The van der Waals surface area contributed by atoms with Gasteiger partial charge in [0, 0.05) is 5.69 Å². The van der Waals surface area contributed by atoms with E-state index < -0.39 is 21.5 Å². The molecule has 6 nitrogen and oxygen atoms in total. The fraction of sp³-hybridized carbons (Fsp3) is 0.600. The lowest BCUT2D eigenvalue weighted by atomic mass is 10.1.